The molecule has 0 aliphatic carbocycles. The molecule has 4 N–H and O–H groups in total. The van der Waals surface area contributed by atoms with Crippen molar-refractivity contribution < 1.29 is 15.0 Å². The third-order valence-electron chi connectivity index (χ3n) is 4.57. The number of rotatable bonds is 4. The summed E-state index contributed by atoms with van der Waals surface area (Å²) < 4.78 is 0. The maximum Gasteiger partial charge on any atom is 0.223 e. The summed E-state index contributed by atoms with van der Waals surface area (Å²) >= 11 is 0. The van der Waals surface area contributed by atoms with Crippen LogP contribution in [0.5, 0.6) is 11.5 Å². The highest BCUT2D eigenvalue weighted by Crippen LogP contribution is 2.29. The fourth-order valence-corrected chi connectivity index (χ4v) is 3.91. The summed E-state index contributed by atoms with van der Waals surface area (Å²) in [6, 6.07) is 4.85. The third-order valence-corrected chi connectivity index (χ3v) is 4.57. The van der Waals surface area contributed by atoms with Gasteiger partial charge in [-0.2, -0.15) is 0 Å². The molecule has 1 aromatic carbocycles. The van der Waals surface area contributed by atoms with Gasteiger partial charge in [0.25, 0.3) is 0 Å². The Morgan fingerprint density at radius 2 is 1.79 bits per heavy atom. The Hall–Kier alpha value is -1.75. The van der Waals surface area contributed by atoms with Crippen LogP contribution in [0.1, 0.15) is 53.0 Å². The van der Waals surface area contributed by atoms with Crippen LogP contribution in [0.2, 0.25) is 0 Å². The van der Waals surface area contributed by atoms with Crippen LogP contribution >= 0.6 is 0 Å². The molecule has 1 unspecified atom stereocenters. The second kappa shape index (κ2) is 6.63. The molecule has 134 valence electrons. The van der Waals surface area contributed by atoms with Gasteiger partial charge in [-0.25, -0.2) is 0 Å². The third kappa shape index (κ3) is 4.87. The number of hydrogen-bond donors (Lipinski definition) is 4. The maximum atomic E-state index is 12.5. The molecule has 1 heterocycles. The summed E-state index contributed by atoms with van der Waals surface area (Å²) in [5.74, 6) is -0.465. The number of piperidine rings is 1. The predicted molar refractivity (Wildman–Crippen MR) is 95.1 cm³/mol. The summed E-state index contributed by atoms with van der Waals surface area (Å²) in [6.07, 6.45) is 2.32. The van der Waals surface area contributed by atoms with Crippen molar-refractivity contribution in [1.82, 2.24) is 10.6 Å². The van der Waals surface area contributed by atoms with E-state index in [1.54, 1.807) is 6.07 Å². The van der Waals surface area contributed by atoms with Crippen LogP contribution in [0.25, 0.3) is 0 Å². The van der Waals surface area contributed by atoms with Gasteiger partial charge in [-0.3, -0.25) is 4.79 Å². The van der Waals surface area contributed by atoms with Gasteiger partial charge in [0, 0.05) is 23.0 Å². The Kier molecular flexibility index (Phi) is 5.14. The molecule has 1 amide bonds. The van der Waals surface area contributed by atoms with Gasteiger partial charge in [-0.1, -0.05) is 13.0 Å². The molecular formula is C19H30N2O3. The lowest BCUT2D eigenvalue weighted by Gasteiger charge is -2.46. The average molecular weight is 334 g/mol. The number of carbonyl (C=O) groups excluding carboxylic acids is 1. The van der Waals surface area contributed by atoms with Crippen molar-refractivity contribution in [3.05, 3.63) is 23.8 Å². The second-order valence-corrected chi connectivity index (χ2v) is 8.43. The topological polar surface area (TPSA) is 81.6 Å². The standard InChI is InChI=1S/C19H30N2O3/c1-12(8-13-6-7-15(22)16(23)9-13)17(24)20-14-10-18(2,3)21-19(4,5)11-14/h6-7,9,12,14,21-23H,8,10-11H2,1-5H3,(H,20,24). The molecular weight excluding hydrogens is 304 g/mol. The molecule has 2 rings (SSSR count). The summed E-state index contributed by atoms with van der Waals surface area (Å²) in [5.41, 5.74) is 0.816. The quantitative estimate of drug-likeness (QED) is 0.638. The fraction of sp³-hybridized carbons (Fsp3) is 0.632. The van der Waals surface area contributed by atoms with Crippen LogP contribution in [0.3, 0.4) is 0 Å². The number of amides is 1. The zero-order valence-electron chi connectivity index (χ0n) is 15.3. The van der Waals surface area contributed by atoms with E-state index < -0.39 is 0 Å². The highest BCUT2D eigenvalue weighted by Gasteiger charge is 2.38. The first-order valence-electron chi connectivity index (χ1n) is 8.58. The Labute approximate surface area is 144 Å². The van der Waals surface area contributed by atoms with Crippen molar-refractivity contribution in [2.75, 3.05) is 0 Å². The lowest BCUT2D eigenvalue weighted by Crippen LogP contribution is -2.62. The first-order chi connectivity index (χ1) is 11.0. The van der Waals surface area contributed by atoms with Crippen LogP contribution in [-0.4, -0.2) is 33.2 Å². The van der Waals surface area contributed by atoms with E-state index >= 15 is 0 Å². The molecule has 0 radical (unpaired) electrons. The molecule has 5 heteroatoms. The van der Waals surface area contributed by atoms with Crippen molar-refractivity contribution in [2.24, 2.45) is 5.92 Å². The van der Waals surface area contributed by atoms with E-state index in [1.165, 1.54) is 12.1 Å². The van der Waals surface area contributed by atoms with Crippen LogP contribution in [-0.2, 0) is 11.2 Å². The molecule has 24 heavy (non-hydrogen) atoms. The van der Waals surface area contributed by atoms with Gasteiger partial charge >= 0.3 is 0 Å². The highest BCUT2D eigenvalue weighted by atomic mass is 16.3. The fourth-order valence-electron chi connectivity index (χ4n) is 3.91. The number of nitrogens with one attached hydrogen (secondary N) is 2. The van der Waals surface area contributed by atoms with Crippen LogP contribution in [0, 0.1) is 5.92 Å². The molecule has 1 aliphatic rings. The van der Waals surface area contributed by atoms with E-state index in [1.807, 2.05) is 6.92 Å². The van der Waals surface area contributed by atoms with Gasteiger partial charge in [-0.05, 0) is 64.7 Å². The molecule has 1 aliphatic heterocycles. The lowest BCUT2D eigenvalue weighted by molar-refractivity contribution is -0.125. The van der Waals surface area contributed by atoms with Crippen LogP contribution < -0.4 is 10.6 Å². The molecule has 1 atom stereocenters. The molecule has 0 spiro atoms. The average Bonchev–Trinajstić information content (AvgIpc) is 2.39. The van der Waals surface area contributed by atoms with Crippen molar-refractivity contribution in [3.63, 3.8) is 0 Å². The largest absolute Gasteiger partial charge is 0.504 e. The Morgan fingerprint density at radius 3 is 2.33 bits per heavy atom. The van der Waals surface area contributed by atoms with Crippen LogP contribution in [0.4, 0.5) is 0 Å². The number of benzene rings is 1. The molecule has 0 bridgehead atoms. The van der Waals surface area contributed by atoms with Gasteiger partial charge in [0.2, 0.25) is 5.91 Å². The molecule has 1 aromatic rings. The smallest absolute Gasteiger partial charge is 0.223 e. The molecule has 1 saturated heterocycles. The molecule has 5 nitrogen and oxygen atoms in total. The Bertz CT molecular complexity index is 595. The normalized spacial score (nSPS) is 21.2. The minimum Gasteiger partial charge on any atom is -0.504 e. The van der Waals surface area contributed by atoms with E-state index in [4.69, 9.17) is 0 Å². The lowest BCUT2D eigenvalue weighted by atomic mass is 9.79. The summed E-state index contributed by atoms with van der Waals surface area (Å²) in [6.45, 7) is 10.5. The van der Waals surface area contributed by atoms with Gasteiger partial charge in [0.05, 0.1) is 0 Å². The Balaban J connectivity index is 1.97. The molecule has 1 fully saturated rings. The van der Waals surface area contributed by atoms with E-state index in [0.29, 0.717) is 6.42 Å². The summed E-state index contributed by atoms with van der Waals surface area (Å²) in [5, 5.41) is 25.7. The highest BCUT2D eigenvalue weighted by molar-refractivity contribution is 5.79. The maximum absolute atomic E-state index is 12.5. The van der Waals surface area contributed by atoms with E-state index in [0.717, 1.165) is 18.4 Å². The number of phenolic OH excluding ortho intramolecular Hbond substituents is 2. The SMILES string of the molecule is CC(Cc1ccc(O)c(O)c1)C(=O)NC1CC(C)(C)NC(C)(C)C1. The predicted octanol–water partition coefficient (Wildman–Crippen LogP) is 2.70. The van der Waals surface area contributed by atoms with Crippen molar-refractivity contribution >= 4 is 5.91 Å². The van der Waals surface area contributed by atoms with E-state index in [2.05, 4.69) is 38.3 Å². The van der Waals surface area contributed by atoms with E-state index in [9.17, 15) is 15.0 Å². The summed E-state index contributed by atoms with van der Waals surface area (Å²) in [7, 11) is 0. The van der Waals surface area contributed by atoms with Crippen molar-refractivity contribution in [2.45, 2.75) is 71.0 Å². The Morgan fingerprint density at radius 1 is 1.21 bits per heavy atom. The number of aromatic hydroxyl groups is 2. The molecule has 0 saturated carbocycles. The van der Waals surface area contributed by atoms with E-state index in [-0.39, 0.29) is 40.4 Å². The second-order valence-electron chi connectivity index (χ2n) is 8.43. The zero-order valence-corrected chi connectivity index (χ0v) is 15.3. The number of carbonyl (C=O) groups is 1. The van der Waals surface area contributed by atoms with Gasteiger partial charge in [-0.15, -0.1) is 0 Å². The minimum absolute atomic E-state index is 0.00825. The zero-order chi connectivity index (χ0) is 18.1. The van der Waals surface area contributed by atoms with Crippen molar-refractivity contribution in [1.29, 1.82) is 0 Å². The minimum atomic E-state index is -0.199. The van der Waals surface area contributed by atoms with Crippen molar-refractivity contribution in [3.8, 4) is 11.5 Å². The van der Waals surface area contributed by atoms with Crippen LogP contribution in [0.15, 0.2) is 18.2 Å². The first-order valence-corrected chi connectivity index (χ1v) is 8.58. The van der Waals surface area contributed by atoms with Gasteiger partial charge in [0.1, 0.15) is 0 Å². The first kappa shape index (κ1) is 18.6. The number of hydrogen-bond acceptors (Lipinski definition) is 4. The van der Waals surface area contributed by atoms with Gasteiger partial charge in [0.15, 0.2) is 11.5 Å². The molecule has 0 aromatic heterocycles. The summed E-state index contributed by atoms with van der Waals surface area (Å²) in [4.78, 5) is 12.5. The van der Waals surface area contributed by atoms with Gasteiger partial charge < -0.3 is 20.8 Å². The monoisotopic (exact) mass is 334 g/mol. The number of phenols is 2.